The van der Waals surface area contributed by atoms with Crippen LogP contribution in [0.15, 0.2) is 11.4 Å². The quantitative estimate of drug-likeness (QED) is 0.590. The van der Waals surface area contributed by atoms with Gasteiger partial charge in [0.05, 0.1) is 0 Å². The maximum Gasteiger partial charge on any atom is 0.00771 e. The molecule has 1 heterocycles. The first-order chi connectivity index (χ1) is 6.38. The molecule has 0 unspecified atom stereocenters. The van der Waals surface area contributed by atoms with Gasteiger partial charge >= 0.3 is 0 Å². The molecule has 1 aromatic rings. The first-order valence-corrected chi connectivity index (χ1v) is 6.31. The largest absolute Gasteiger partial charge is 0.149 e. The van der Waals surface area contributed by atoms with Crippen molar-refractivity contribution < 1.29 is 0 Å². The highest BCUT2D eigenvalue weighted by molar-refractivity contribution is 7.10. The second-order valence-electron chi connectivity index (χ2n) is 3.53. The Kier molecular flexibility index (Phi) is 5.14. The Balaban J connectivity index is 2.27. The maximum absolute atomic E-state index is 2.28. The van der Waals surface area contributed by atoms with E-state index in [0.29, 0.717) is 0 Å². The summed E-state index contributed by atoms with van der Waals surface area (Å²) >= 11 is 1.93. The van der Waals surface area contributed by atoms with Crippen LogP contribution in [0.2, 0.25) is 0 Å². The van der Waals surface area contributed by atoms with Crippen molar-refractivity contribution in [3.63, 3.8) is 0 Å². The van der Waals surface area contributed by atoms with Crippen LogP contribution in [0.25, 0.3) is 0 Å². The summed E-state index contributed by atoms with van der Waals surface area (Å²) in [6.45, 7) is 4.51. The zero-order valence-electron chi connectivity index (χ0n) is 8.81. The van der Waals surface area contributed by atoms with Gasteiger partial charge in [0.25, 0.3) is 0 Å². The van der Waals surface area contributed by atoms with E-state index in [4.69, 9.17) is 0 Å². The minimum atomic E-state index is 1.20. The summed E-state index contributed by atoms with van der Waals surface area (Å²) < 4.78 is 0. The zero-order chi connectivity index (χ0) is 9.52. The lowest BCUT2D eigenvalue weighted by molar-refractivity contribution is 0.668. The Morgan fingerprint density at radius 3 is 2.69 bits per heavy atom. The van der Waals surface area contributed by atoms with E-state index in [0.717, 1.165) is 0 Å². The van der Waals surface area contributed by atoms with Gasteiger partial charge < -0.3 is 0 Å². The second kappa shape index (κ2) is 6.20. The minimum Gasteiger partial charge on any atom is -0.149 e. The molecule has 0 aromatic carbocycles. The average Bonchev–Trinajstić information content (AvgIpc) is 2.60. The Labute approximate surface area is 86.0 Å². The SMILES string of the molecule is CCCCCCc1sccc1CC. The first-order valence-electron chi connectivity index (χ1n) is 5.43. The van der Waals surface area contributed by atoms with E-state index < -0.39 is 0 Å². The van der Waals surface area contributed by atoms with Crippen LogP contribution in [-0.4, -0.2) is 0 Å². The van der Waals surface area contributed by atoms with E-state index in [1.807, 2.05) is 11.3 Å². The molecular formula is C12H20S. The van der Waals surface area contributed by atoms with Crippen LogP contribution < -0.4 is 0 Å². The standard InChI is InChI=1S/C12H20S/c1-3-5-6-7-8-12-11(4-2)9-10-13-12/h9-10H,3-8H2,1-2H3. The van der Waals surface area contributed by atoms with Gasteiger partial charge in [-0.1, -0.05) is 33.1 Å². The Morgan fingerprint density at radius 2 is 2.00 bits per heavy atom. The van der Waals surface area contributed by atoms with Crippen LogP contribution in [-0.2, 0) is 12.8 Å². The number of aryl methyl sites for hydroxylation is 2. The van der Waals surface area contributed by atoms with Crippen LogP contribution in [0, 0.1) is 0 Å². The van der Waals surface area contributed by atoms with Gasteiger partial charge in [-0.05, 0) is 36.3 Å². The van der Waals surface area contributed by atoms with Crippen molar-refractivity contribution in [1.82, 2.24) is 0 Å². The van der Waals surface area contributed by atoms with Gasteiger partial charge in [-0.15, -0.1) is 11.3 Å². The summed E-state index contributed by atoms with van der Waals surface area (Å²) in [5, 5.41) is 2.23. The molecule has 13 heavy (non-hydrogen) atoms. The van der Waals surface area contributed by atoms with E-state index in [1.54, 1.807) is 10.4 Å². The smallest absolute Gasteiger partial charge is 0.00771 e. The first kappa shape index (κ1) is 10.8. The van der Waals surface area contributed by atoms with Gasteiger partial charge in [-0.3, -0.25) is 0 Å². The van der Waals surface area contributed by atoms with Crippen molar-refractivity contribution in [1.29, 1.82) is 0 Å². The lowest BCUT2D eigenvalue weighted by Gasteiger charge is -2.00. The zero-order valence-corrected chi connectivity index (χ0v) is 9.62. The Bertz CT molecular complexity index is 225. The van der Waals surface area contributed by atoms with Crippen LogP contribution in [0.4, 0.5) is 0 Å². The third-order valence-corrected chi connectivity index (χ3v) is 3.50. The van der Waals surface area contributed by atoms with E-state index in [9.17, 15) is 0 Å². The second-order valence-corrected chi connectivity index (χ2v) is 4.53. The minimum absolute atomic E-state index is 1.20. The summed E-state index contributed by atoms with van der Waals surface area (Å²) in [7, 11) is 0. The van der Waals surface area contributed by atoms with Crippen LogP contribution in [0.5, 0.6) is 0 Å². The molecule has 0 aliphatic carbocycles. The topological polar surface area (TPSA) is 0 Å². The molecule has 0 aliphatic heterocycles. The highest BCUT2D eigenvalue weighted by Crippen LogP contribution is 2.20. The molecule has 0 spiro atoms. The number of rotatable bonds is 6. The molecular weight excluding hydrogens is 176 g/mol. The fraction of sp³-hybridized carbons (Fsp3) is 0.667. The van der Waals surface area contributed by atoms with Gasteiger partial charge in [0.2, 0.25) is 0 Å². The van der Waals surface area contributed by atoms with Crippen molar-refractivity contribution in [2.24, 2.45) is 0 Å². The highest BCUT2D eigenvalue weighted by Gasteiger charge is 2.01. The highest BCUT2D eigenvalue weighted by atomic mass is 32.1. The lowest BCUT2D eigenvalue weighted by atomic mass is 10.1. The molecule has 0 saturated carbocycles. The number of thiophene rings is 1. The van der Waals surface area contributed by atoms with Gasteiger partial charge in [0.15, 0.2) is 0 Å². The van der Waals surface area contributed by atoms with Crippen LogP contribution in [0.3, 0.4) is 0 Å². The van der Waals surface area contributed by atoms with Crippen molar-refractivity contribution >= 4 is 11.3 Å². The number of hydrogen-bond donors (Lipinski definition) is 0. The van der Waals surface area contributed by atoms with Gasteiger partial charge in [0.1, 0.15) is 0 Å². The molecule has 0 fully saturated rings. The van der Waals surface area contributed by atoms with E-state index in [-0.39, 0.29) is 0 Å². The molecule has 0 amide bonds. The summed E-state index contributed by atoms with van der Waals surface area (Å²) in [6, 6.07) is 2.28. The maximum atomic E-state index is 2.28. The summed E-state index contributed by atoms with van der Waals surface area (Å²) in [5.41, 5.74) is 1.57. The molecule has 1 heteroatoms. The molecule has 0 aliphatic rings. The van der Waals surface area contributed by atoms with E-state index in [1.165, 1.54) is 38.5 Å². The predicted octanol–water partition coefficient (Wildman–Crippen LogP) is 4.43. The summed E-state index contributed by atoms with van der Waals surface area (Å²) in [5.74, 6) is 0. The Hall–Kier alpha value is -0.300. The molecule has 0 atom stereocenters. The van der Waals surface area contributed by atoms with Crippen LogP contribution in [0.1, 0.15) is 50.0 Å². The molecule has 74 valence electrons. The van der Waals surface area contributed by atoms with E-state index >= 15 is 0 Å². The van der Waals surface area contributed by atoms with Gasteiger partial charge in [-0.25, -0.2) is 0 Å². The average molecular weight is 196 g/mol. The third-order valence-electron chi connectivity index (χ3n) is 2.48. The predicted molar refractivity (Wildman–Crippen MR) is 61.5 cm³/mol. The molecule has 0 N–H and O–H groups in total. The number of hydrogen-bond acceptors (Lipinski definition) is 1. The molecule has 1 rings (SSSR count). The molecule has 0 saturated heterocycles. The van der Waals surface area contributed by atoms with Crippen LogP contribution >= 0.6 is 11.3 Å². The molecule has 1 aromatic heterocycles. The summed E-state index contributed by atoms with van der Waals surface area (Å²) in [6.07, 6.45) is 8.02. The van der Waals surface area contributed by atoms with Crippen molar-refractivity contribution in [2.45, 2.75) is 52.4 Å². The monoisotopic (exact) mass is 196 g/mol. The molecule has 0 bridgehead atoms. The van der Waals surface area contributed by atoms with Crippen molar-refractivity contribution in [2.75, 3.05) is 0 Å². The van der Waals surface area contributed by atoms with Crippen molar-refractivity contribution in [3.05, 3.63) is 21.9 Å². The van der Waals surface area contributed by atoms with E-state index in [2.05, 4.69) is 25.3 Å². The third kappa shape index (κ3) is 3.51. The van der Waals surface area contributed by atoms with Crippen molar-refractivity contribution in [3.8, 4) is 0 Å². The molecule has 0 nitrogen and oxygen atoms in total. The lowest BCUT2D eigenvalue weighted by Crippen LogP contribution is -1.86. The Morgan fingerprint density at radius 1 is 1.15 bits per heavy atom. The molecule has 0 radical (unpaired) electrons. The normalized spacial score (nSPS) is 10.6. The fourth-order valence-electron chi connectivity index (χ4n) is 1.61. The summed E-state index contributed by atoms with van der Waals surface area (Å²) in [4.78, 5) is 1.62. The number of unbranched alkanes of at least 4 members (excludes halogenated alkanes) is 3. The fourth-order valence-corrected chi connectivity index (χ4v) is 2.64. The van der Waals surface area contributed by atoms with Gasteiger partial charge in [-0.2, -0.15) is 0 Å². The van der Waals surface area contributed by atoms with Gasteiger partial charge in [0, 0.05) is 4.88 Å².